The summed E-state index contributed by atoms with van der Waals surface area (Å²) < 4.78 is 10.7. The lowest BCUT2D eigenvalue weighted by molar-refractivity contribution is 0.0559. The summed E-state index contributed by atoms with van der Waals surface area (Å²) in [5.74, 6) is 0.612. The Labute approximate surface area is 134 Å². The van der Waals surface area contributed by atoms with Crippen LogP contribution in [0, 0.1) is 12.8 Å². The van der Waals surface area contributed by atoms with E-state index >= 15 is 0 Å². The van der Waals surface area contributed by atoms with Crippen molar-refractivity contribution in [2.24, 2.45) is 5.92 Å². The average Bonchev–Trinajstić information content (AvgIpc) is 2.52. The summed E-state index contributed by atoms with van der Waals surface area (Å²) in [6.07, 6.45) is 4.37. The van der Waals surface area contributed by atoms with Crippen LogP contribution in [-0.4, -0.2) is 25.9 Å². The van der Waals surface area contributed by atoms with Gasteiger partial charge in [-0.05, 0) is 31.4 Å². The van der Waals surface area contributed by atoms with Crippen molar-refractivity contribution in [3.63, 3.8) is 0 Å². The number of hydrogen-bond acceptors (Lipinski definition) is 3. The van der Waals surface area contributed by atoms with Gasteiger partial charge in [0.25, 0.3) is 0 Å². The number of hydrogen-bond donors (Lipinski definition) is 1. The average molecular weight is 307 g/mol. The largest absolute Gasteiger partial charge is 0.447 e. The molecule has 0 bridgehead atoms. The van der Waals surface area contributed by atoms with Crippen molar-refractivity contribution in [3.05, 3.63) is 29.8 Å². The number of amides is 1. The van der Waals surface area contributed by atoms with Crippen molar-refractivity contribution in [2.75, 3.05) is 25.1 Å². The van der Waals surface area contributed by atoms with Crippen LogP contribution >= 0.6 is 0 Å². The maximum absolute atomic E-state index is 11.6. The van der Waals surface area contributed by atoms with E-state index in [0.717, 1.165) is 24.3 Å². The molecule has 1 rings (SSSR count). The van der Waals surface area contributed by atoms with Crippen molar-refractivity contribution in [1.82, 2.24) is 0 Å². The highest BCUT2D eigenvalue weighted by molar-refractivity contribution is 5.84. The monoisotopic (exact) mass is 307 g/mol. The predicted octanol–water partition coefficient (Wildman–Crippen LogP) is 4.78. The maximum atomic E-state index is 11.6. The van der Waals surface area contributed by atoms with E-state index in [0.29, 0.717) is 12.5 Å². The summed E-state index contributed by atoms with van der Waals surface area (Å²) in [5.41, 5.74) is 1.89. The Morgan fingerprint density at radius 2 is 1.91 bits per heavy atom. The lowest BCUT2D eigenvalue weighted by Crippen LogP contribution is -2.18. The van der Waals surface area contributed by atoms with E-state index in [4.69, 9.17) is 9.47 Å². The maximum Gasteiger partial charge on any atom is 0.411 e. The molecule has 0 spiro atoms. The van der Waals surface area contributed by atoms with Crippen molar-refractivity contribution in [2.45, 2.75) is 46.5 Å². The summed E-state index contributed by atoms with van der Waals surface area (Å²) >= 11 is 0. The lowest BCUT2D eigenvalue weighted by atomic mass is 10.0. The standard InChI is InChI=1S/C18H29NO3/c1-4-6-7-16(5-2)14-21-12-13-22-18(20)19-17-10-8-15(3)9-11-17/h8-11,16H,4-7,12-14H2,1-3H3,(H,19,20). The van der Waals surface area contributed by atoms with Gasteiger partial charge in [-0.2, -0.15) is 0 Å². The Hall–Kier alpha value is -1.55. The second-order valence-corrected chi connectivity index (χ2v) is 5.62. The van der Waals surface area contributed by atoms with Crippen LogP contribution in [0.5, 0.6) is 0 Å². The second kappa shape index (κ2) is 11.1. The first-order valence-electron chi connectivity index (χ1n) is 8.23. The van der Waals surface area contributed by atoms with Crippen LogP contribution in [0.15, 0.2) is 24.3 Å². The Bertz CT molecular complexity index is 417. The summed E-state index contributed by atoms with van der Waals surface area (Å²) in [6, 6.07) is 7.60. The van der Waals surface area contributed by atoms with Gasteiger partial charge >= 0.3 is 6.09 Å². The van der Waals surface area contributed by atoms with Gasteiger partial charge in [0.1, 0.15) is 6.61 Å². The fourth-order valence-corrected chi connectivity index (χ4v) is 2.13. The molecule has 0 saturated carbocycles. The van der Waals surface area contributed by atoms with E-state index in [2.05, 4.69) is 19.2 Å². The number of aryl methyl sites for hydroxylation is 1. The first-order chi connectivity index (χ1) is 10.7. The molecule has 4 heteroatoms. The molecule has 0 fully saturated rings. The van der Waals surface area contributed by atoms with Gasteiger partial charge in [-0.1, -0.05) is 50.8 Å². The Morgan fingerprint density at radius 1 is 1.18 bits per heavy atom. The van der Waals surface area contributed by atoms with E-state index in [1.165, 1.54) is 19.3 Å². The zero-order chi connectivity index (χ0) is 16.2. The molecule has 1 aromatic rings. The second-order valence-electron chi connectivity index (χ2n) is 5.62. The Morgan fingerprint density at radius 3 is 2.55 bits per heavy atom. The minimum atomic E-state index is -0.439. The molecule has 22 heavy (non-hydrogen) atoms. The first-order valence-corrected chi connectivity index (χ1v) is 8.23. The Kier molecular flexibility index (Phi) is 9.31. The molecule has 124 valence electrons. The highest BCUT2D eigenvalue weighted by Crippen LogP contribution is 2.12. The van der Waals surface area contributed by atoms with Crippen molar-refractivity contribution in [3.8, 4) is 0 Å². The van der Waals surface area contributed by atoms with E-state index < -0.39 is 6.09 Å². The van der Waals surface area contributed by atoms with Crippen LogP contribution < -0.4 is 5.32 Å². The van der Waals surface area contributed by atoms with Crippen LogP contribution in [0.2, 0.25) is 0 Å². The van der Waals surface area contributed by atoms with Crippen LogP contribution in [0.25, 0.3) is 0 Å². The fraction of sp³-hybridized carbons (Fsp3) is 0.611. The molecular formula is C18H29NO3. The molecule has 0 heterocycles. The number of ether oxygens (including phenoxy) is 2. The first kappa shape index (κ1) is 18.5. The smallest absolute Gasteiger partial charge is 0.411 e. The van der Waals surface area contributed by atoms with Gasteiger partial charge in [0.15, 0.2) is 0 Å². The predicted molar refractivity (Wildman–Crippen MR) is 90.3 cm³/mol. The van der Waals surface area contributed by atoms with Gasteiger partial charge in [0.05, 0.1) is 6.61 Å². The zero-order valence-corrected chi connectivity index (χ0v) is 14.1. The molecule has 0 aliphatic rings. The molecule has 4 nitrogen and oxygen atoms in total. The number of carbonyl (C=O) groups excluding carboxylic acids is 1. The Balaban J connectivity index is 2.10. The van der Waals surface area contributed by atoms with E-state index in [1.807, 2.05) is 31.2 Å². The fourth-order valence-electron chi connectivity index (χ4n) is 2.13. The van der Waals surface area contributed by atoms with Crippen LogP contribution in [-0.2, 0) is 9.47 Å². The minimum absolute atomic E-state index is 0.280. The minimum Gasteiger partial charge on any atom is -0.447 e. The summed E-state index contributed by atoms with van der Waals surface area (Å²) in [4.78, 5) is 11.6. The molecule has 0 radical (unpaired) electrons. The lowest BCUT2D eigenvalue weighted by Gasteiger charge is -2.14. The summed E-state index contributed by atoms with van der Waals surface area (Å²) in [5, 5.41) is 2.69. The SMILES string of the molecule is CCCCC(CC)COCCOC(=O)Nc1ccc(C)cc1. The molecule has 1 aromatic carbocycles. The molecule has 1 atom stereocenters. The summed E-state index contributed by atoms with van der Waals surface area (Å²) in [6.45, 7) is 7.87. The number of nitrogens with one attached hydrogen (secondary N) is 1. The number of unbranched alkanes of at least 4 members (excludes halogenated alkanes) is 1. The zero-order valence-electron chi connectivity index (χ0n) is 14.1. The van der Waals surface area contributed by atoms with Crippen molar-refractivity contribution in [1.29, 1.82) is 0 Å². The highest BCUT2D eigenvalue weighted by Gasteiger charge is 2.06. The molecule has 1 N–H and O–H groups in total. The molecule has 0 aromatic heterocycles. The third kappa shape index (κ3) is 8.03. The summed E-state index contributed by atoms with van der Waals surface area (Å²) in [7, 11) is 0. The van der Waals surface area contributed by atoms with E-state index in [1.54, 1.807) is 0 Å². The molecule has 1 amide bonds. The third-order valence-corrected chi connectivity index (χ3v) is 3.66. The molecule has 1 unspecified atom stereocenters. The van der Waals surface area contributed by atoms with Gasteiger partial charge in [-0.15, -0.1) is 0 Å². The van der Waals surface area contributed by atoms with Gasteiger partial charge < -0.3 is 9.47 Å². The van der Waals surface area contributed by atoms with Crippen molar-refractivity contribution >= 4 is 11.8 Å². The molecule has 0 aliphatic carbocycles. The van der Waals surface area contributed by atoms with Crippen molar-refractivity contribution < 1.29 is 14.3 Å². The molecule has 0 saturated heterocycles. The van der Waals surface area contributed by atoms with Gasteiger partial charge in [0.2, 0.25) is 0 Å². The number of anilines is 1. The number of carbonyl (C=O) groups is 1. The van der Waals surface area contributed by atoms with E-state index in [-0.39, 0.29) is 6.61 Å². The number of benzene rings is 1. The number of rotatable bonds is 10. The van der Waals surface area contributed by atoms with Gasteiger partial charge in [-0.3, -0.25) is 5.32 Å². The van der Waals surface area contributed by atoms with Crippen LogP contribution in [0.1, 0.15) is 45.1 Å². The van der Waals surface area contributed by atoms with Crippen LogP contribution in [0.4, 0.5) is 10.5 Å². The van der Waals surface area contributed by atoms with Gasteiger partial charge in [0, 0.05) is 12.3 Å². The molecule has 0 aliphatic heterocycles. The quantitative estimate of drug-likeness (QED) is 0.633. The van der Waals surface area contributed by atoms with Crippen LogP contribution in [0.3, 0.4) is 0 Å². The molecular weight excluding hydrogens is 278 g/mol. The van der Waals surface area contributed by atoms with Gasteiger partial charge in [-0.25, -0.2) is 4.79 Å². The third-order valence-electron chi connectivity index (χ3n) is 3.66. The highest BCUT2D eigenvalue weighted by atomic mass is 16.6. The topological polar surface area (TPSA) is 47.6 Å². The normalized spacial score (nSPS) is 12.0. The van der Waals surface area contributed by atoms with E-state index in [9.17, 15) is 4.79 Å².